The molecule has 1 aliphatic heterocycles. The summed E-state index contributed by atoms with van der Waals surface area (Å²) in [6, 6.07) is 2.49. The quantitative estimate of drug-likeness (QED) is 0.837. The van der Waals surface area contributed by atoms with Gasteiger partial charge in [0.25, 0.3) is 0 Å². The molecule has 1 aliphatic rings. The molecule has 0 fully saturated rings. The van der Waals surface area contributed by atoms with E-state index in [1.54, 1.807) is 0 Å². The van der Waals surface area contributed by atoms with Gasteiger partial charge in [-0.2, -0.15) is 5.10 Å². The average molecular weight is 289 g/mol. The van der Waals surface area contributed by atoms with Crippen molar-refractivity contribution in [1.29, 1.82) is 0 Å². The monoisotopic (exact) mass is 289 g/mol. The first kappa shape index (κ1) is 14.3. The molecule has 0 amide bonds. The molecule has 114 valence electrons. The van der Waals surface area contributed by atoms with Crippen LogP contribution in [0.25, 0.3) is 0 Å². The zero-order valence-electron chi connectivity index (χ0n) is 13.0. The van der Waals surface area contributed by atoms with E-state index in [4.69, 9.17) is 4.74 Å². The molecule has 0 aromatic carbocycles. The highest BCUT2D eigenvalue weighted by molar-refractivity contribution is 5.10. The Bertz CT molecular complexity index is 603. The Balaban J connectivity index is 1.74. The molecule has 6 heteroatoms. The number of hydrogen-bond donors (Lipinski definition) is 0. The van der Waals surface area contributed by atoms with Crippen LogP contribution >= 0.6 is 0 Å². The summed E-state index contributed by atoms with van der Waals surface area (Å²) in [7, 11) is 2.01. The summed E-state index contributed by atoms with van der Waals surface area (Å²) in [6.07, 6.45) is 3.88. The summed E-state index contributed by atoms with van der Waals surface area (Å²) < 4.78 is 9.85. The van der Waals surface area contributed by atoms with Gasteiger partial charge >= 0.3 is 0 Å². The minimum atomic E-state index is 0.338. The molecular weight excluding hydrogens is 266 g/mol. The number of fused-ring (bicyclic) bond motifs is 1. The van der Waals surface area contributed by atoms with Crippen molar-refractivity contribution in [1.82, 2.24) is 24.2 Å². The fourth-order valence-corrected chi connectivity index (χ4v) is 3.01. The first-order chi connectivity index (χ1) is 10.2. The van der Waals surface area contributed by atoms with Gasteiger partial charge in [0.05, 0.1) is 36.1 Å². The second-order valence-electron chi connectivity index (χ2n) is 5.68. The van der Waals surface area contributed by atoms with E-state index in [2.05, 4.69) is 25.6 Å². The zero-order chi connectivity index (χ0) is 14.8. The van der Waals surface area contributed by atoms with E-state index in [9.17, 15) is 0 Å². The number of hydrogen-bond acceptors (Lipinski definition) is 4. The van der Waals surface area contributed by atoms with Crippen molar-refractivity contribution in [3.05, 3.63) is 35.7 Å². The summed E-state index contributed by atoms with van der Waals surface area (Å²) >= 11 is 0. The van der Waals surface area contributed by atoms with Crippen molar-refractivity contribution >= 4 is 0 Å². The van der Waals surface area contributed by atoms with Crippen molar-refractivity contribution in [2.45, 2.75) is 33.0 Å². The number of aromatic nitrogens is 4. The lowest BCUT2D eigenvalue weighted by Crippen LogP contribution is -2.38. The third-order valence-corrected chi connectivity index (χ3v) is 3.99. The van der Waals surface area contributed by atoms with E-state index in [1.165, 1.54) is 11.4 Å². The van der Waals surface area contributed by atoms with E-state index in [0.717, 1.165) is 38.5 Å². The minimum Gasteiger partial charge on any atom is -0.380 e. The zero-order valence-corrected chi connectivity index (χ0v) is 13.0. The summed E-state index contributed by atoms with van der Waals surface area (Å²) in [6.45, 7) is 8.37. The van der Waals surface area contributed by atoms with E-state index < -0.39 is 0 Å². The van der Waals surface area contributed by atoms with Crippen molar-refractivity contribution in [2.75, 3.05) is 19.8 Å². The van der Waals surface area contributed by atoms with Crippen LogP contribution in [0, 0.1) is 6.92 Å². The first-order valence-corrected chi connectivity index (χ1v) is 7.47. The van der Waals surface area contributed by atoms with Gasteiger partial charge in [0.15, 0.2) is 0 Å². The molecule has 0 bridgehead atoms. The van der Waals surface area contributed by atoms with Crippen LogP contribution in [0.2, 0.25) is 0 Å². The lowest BCUT2D eigenvalue weighted by atomic mass is 10.2. The molecule has 3 rings (SSSR count). The molecule has 0 radical (unpaired) electrons. The van der Waals surface area contributed by atoms with Crippen LogP contribution in [0.1, 0.15) is 30.0 Å². The molecule has 0 saturated carbocycles. The predicted octanol–water partition coefficient (Wildman–Crippen LogP) is 1.52. The third kappa shape index (κ3) is 3.01. The molecule has 0 spiro atoms. The van der Waals surface area contributed by atoms with Gasteiger partial charge in [-0.15, -0.1) is 0 Å². The summed E-state index contributed by atoms with van der Waals surface area (Å²) in [5, 5.41) is 4.43. The van der Waals surface area contributed by atoms with E-state index in [0.29, 0.717) is 6.04 Å². The van der Waals surface area contributed by atoms with Crippen LogP contribution in [-0.4, -0.2) is 44.0 Å². The fourth-order valence-electron chi connectivity index (χ4n) is 3.01. The maximum absolute atomic E-state index is 5.63. The second-order valence-corrected chi connectivity index (χ2v) is 5.68. The maximum Gasteiger partial charge on any atom is 0.0952 e. The summed E-state index contributed by atoms with van der Waals surface area (Å²) in [5.74, 6) is 0. The second kappa shape index (κ2) is 5.99. The van der Waals surface area contributed by atoms with Crippen LogP contribution in [0.4, 0.5) is 0 Å². The molecule has 0 unspecified atom stereocenters. The lowest BCUT2D eigenvalue weighted by molar-refractivity contribution is 0.0737. The van der Waals surface area contributed by atoms with Crippen molar-refractivity contribution in [3.63, 3.8) is 0 Å². The first-order valence-electron chi connectivity index (χ1n) is 7.47. The highest BCUT2D eigenvalue weighted by Crippen LogP contribution is 2.22. The molecule has 2 aromatic rings. The lowest BCUT2D eigenvalue weighted by Gasteiger charge is -2.34. The van der Waals surface area contributed by atoms with Gasteiger partial charge in [-0.25, -0.2) is 4.98 Å². The third-order valence-electron chi connectivity index (χ3n) is 3.99. The normalized spacial score (nSPS) is 18.9. The number of ether oxygens (including phenoxy) is 1. The summed E-state index contributed by atoms with van der Waals surface area (Å²) in [4.78, 5) is 6.73. The van der Waals surface area contributed by atoms with Crippen LogP contribution in [-0.2, 0) is 24.9 Å². The van der Waals surface area contributed by atoms with Gasteiger partial charge in [0, 0.05) is 39.5 Å². The molecule has 1 atom stereocenters. The van der Waals surface area contributed by atoms with Gasteiger partial charge in [-0.3, -0.25) is 9.58 Å². The largest absolute Gasteiger partial charge is 0.380 e. The van der Waals surface area contributed by atoms with Crippen LogP contribution < -0.4 is 0 Å². The molecule has 3 heterocycles. The van der Waals surface area contributed by atoms with Crippen molar-refractivity contribution in [2.24, 2.45) is 7.05 Å². The molecule has 6 nitrogen and oxygen atoms in total. The standard InChI is InChI=1S/C15H23N5O/c1-4-21-10-15-9-19(8-14-6-16-11-20(14)15)7-13-5-12(2)17-18(13)3/h5-6,11,15H,4,7-10H2,1-3H3/t15-/m1/s1. The Kier molecular flexibility index (Phi) is 4.07. The number of nitrogens with zero attached hydrogens (tertiary/aromatic N) is 5. The number of imidazole rings is 1. The SMILES string of the molecule is CCOC[C@H]1CN(Cc2cc(C)nn2C)Cc2cncn21. The maximum atomic E-state index is 5.63. The Morgan fingerprint density at radius 3 is 3.00 bits per heavy atom. The Morgan fingerprint density at radius 2 is 2.29 bits per heavy atom. The van der Waals surface area contributed by atoms with Gasteiger partial charge in [-0.05, 0) is 19.9 Å². The van der Waals surface area contributed by atoms with Gasteiger partial charge in [0.1, 0.15) is 0 Å². The van der Waals surface area contributed by atoms with Gasteiger partial charge in [-0.1, -0.05) is 0 Å². The predicted molar refractivity (Wildman–Crippen MR) is 79.8 cm³/mol. The van der Waals surface area contributed by atoms with Crippen LogP contribution in [0.5, 0.6) is 0 Å². The molecular formula is C15H23N5O. The Morgan fingerprint density at radius 1 is 1.43 bits per heavy atom. The van der Waals surface area contributed by atoms with Gasteiger partial charge in [0.2, 0.25) is 0 Å². The van der Waals surface area contributed by atoms with E-state index in [1.807, 2.05) is 38.1 Å². The average Bonchev–Trinajstić information content (AvgIpc) is 3.03. The van der Waals surface area contributed by atoms with Crippen LogP contribution in [0.15, 0.2) is 18.6 Å². The fraction of sp³-hybridized carbons (Fsp3) is 0.600. The van der Waals surface area contributed by atoms with Gasteiger partial charge < -0.3 is 9.30 Å². The molecule has 0 N–H and O–H groups in total. The summed E-state index contributed by atoms with van der Waals surface area (Å²) in [5.41, 5.74) is 3.57. The van der Waals surface area contributed by atoms with E-state index in [-0.39, 0.29) is 0 Å². The van der Waals surface area contributed by atoms with Crippen LogP contribution in [0.3, 0.4) is 0 Å². The Hall–Kier alpha value is -1.66. The topological polar surface area (TPSA) is 48.1 Å². The molecule has 2 aromatic heterocycles. The number of aryl methyl sites for hydroxylation is 2. The molecule has 21 heavy (non-hydrogen) atoms. The highest BCUT2D eigenvalue weighted by Gasteiger charge is 2.25. The smallest absolute Gasteiger partial charge is 0.0952 e. The molecule has 0 aliphatic carbocycles. The molecule has 0 saturated heterocycles. The minimum absolute atomic E-state index is 0.338. The van der Waals surface area contributed by atoms with E-state index >= 15 is 0 Å². The van der Waals surface area contributed by atoms with Crippen molar-refractivity contribution in [3.8, 4) is 0 Å². The Labute approximate surface area is 125 Å². The number of rotatable bonds is 5. The van der Waals surface area contributed by atoms with Crippen molar-refractivity contribution < 1.29 is 4.74 Å². The highest BCUT2D eigenvalue weighted by atomic mass is 16.5.